The van der Waals surface area contributed by atoms with Crippen molar-refractivity contribution in [3.05, 3.63) is 18.0 Å². The normalized spacial score (nSPS) is 24.3. The molecule has 1 aliphatic rings. The van der Waals surface area contributed by atoms with E-state index in [4.69, 9.17) is 0 Å². The van der Waals surface area contributed by atoms with Gasteiger partial charge in [0.2, 0.25) is 5.95 Å². The molecule has 98 valence electrons. The average Bonchev–Trinajstić information content (AvgIpc) is 2.57. The Kier molecular flexibility index (Phi) is 4.12. The van der Waals surface area contributed by atoms with Crippen LogP contribution in [0.15, 0.2) is 12.4 Å². The molecule has 1 aromatic rings. The van der Waals surface area contributed by atoms with Crippen LogP contribution in [-0.2, 0) is 4.79 Å². The summed E-state index contributed by atoms with van der Waals surface area (Å²) in [5, 5.41) is 12.5. The van der Waals surface area contributed by atoms with Crippen LogP contribution in [0.1, 0.15) is 37.7 Å². The third-order valence-electron chi connectivity index (χ3n) is 3.43. The fraction of sp³-hybridized carbons (Fsp3) is 0.615. The van der Waals surface area contributed by atoms with Gasteiger partial charge >= 0.3 is 5.97 Å². The molecule has 1 aliphatic carbocycles. The lowest BCUT2D eigenvalue weighted by Gasteiger charge is -2.22. The SMILES string of the molecule is Cc1cnc(NC2CCCCCC2C(=O)O)nc1. The zero-order valence-corrected chi connectivity index (χ0v) is 10.6. The molecule has 5 nitrogen and oxygen atoms in total. The van der Waals surface area contributed by atoms with Gasteiger partial charge in [-0.15, -0.1) is 0 Å². The number of carboxylic acids is 1. The van der Waals surface area contributed by atoms with Crippen LogP contribution in [-0.4, -0.2) is 27.1 Å². The summed E-state index contributed by atoms with van der Waals surface area (Å²) in [6.07, 6.45) is 8.24. The number of carboxylic acid groups (broad SMARTS) is 1. The molecule has 5 heteroatoms. The predicted molar refractivity (Wildman–Crippen MR) is 68.4 cm³/mol. The first-order valence-electron chi connectivity index (χ1n) is 6.45. The van der Waals surface area contributed by atoms with E-state index in [0.29, 0.717) is 5.95 Å². The highest BCUT2D eigenvalue weighted by Crippen LogP contribution is 2.25. The molecule has 2 atom stereocenters. The van der Waals surface area contributed by atoms with Crippen molar-refractivity contribution in [3.63, 3.8) is 0 Å². The molecule has 0 spiro atoms. The van der Waals surface area contributed by atoms with Gasteiger partial charge < -0.3 is 10.4 Å². The highest BCUT2D eigenvalue weighted by molar-refractivity contribution is 5.71. The molecule has 18 heavy (non-hydrogen) atoms. The number of rotatable bonds is 3. The van der Waals surface area contributed by atoms with Crippen LogP contribution in [0.25, 0.3) is 0 Å². The van der Waals surface area contributed by atoms with Crippen molar-refractivity contribution >= 4 is 11.9 Å². The van der Waals surface area contributed by atoms with E-state index in [9.17, 15) is 9.90 Å². The number of aliphatic carboxylic acids is 1. The van der Waals surface area contributed by atoms with Crippen LogP contribution < -0.4 is 5.32 Å². The van der Waals surface area contributed by atoms with E-state index in [0.717, 1.165) is 37.7 Å². The summed E-state index contributed by atoms with van der Waals surface area (Å²) in [5.41, 5.74) is 0.996. The third kappa shape index (κ3) is 3.18. The Morgan fingerprint density at radius 2 is 1.94 bits per heavy atom. The van der Waals surface area contributed by atoms with Crippen molar-refractivity contribution < 1.29 is 9.90 Å². The van der Waals surface area contributed by atoms with Crippen LogP contribution >= 0.6 is 0 Å². The second-order valence-corrected chi connectivity index (χ2v) is 4.92. The zero-order valence-electron chi connectivity index (χ0n) is 10.6. The van der Waals surface area contributed by atoms with Gasteiger partial charge in [0.1, 0.15) is 0 Å². The molecule has 1 aromatic heterocycles. The molecule has 2 rings (SSSR count). The van der Waals surface area contributed by atoms with Crippen LogP contribution in [0.4, 0.5) is 5.95 Å². The van der Waals surface area contributed by atoms with E-state index in [-0.39, 0.29) is 12.0 Å². The molecule has 0 bridgehead atoms. The van der Waals surface area contributed by atoms with E-state index in [1.807, 2.05) is 6.92 Å². The van der Waals surface area contributed by atoms with Crippen molar-refractivity contribution in [2.75, 3.05) is 5.32 Å². The minimum Gasteiger partial charge on any atom is -0.481 e. The van der Waals surface area contributed by atoms with Crippen molar-refractivity contribution in [2.45, 2.75) is 45.1 Å². The topological polar surface area (TPSA) is 75.1 Å². The van der Waals surface area contributed by atoms with E-state index < -0.39 is 5.97 Å². The molecule has 1 fully saturated rings. The number of carbonyl (C=O) groups is 1. The Morgan fingerprint density at radius 1 is 1.28 bits per heavy atom. The minimum atomic E-state index is -0.721. The zero-order chi connectivity index (χ0) is 13.0. The van der Waals surface area contributed by atoms with Gasteiger partial charge in [-0.2, -0.15) is 0 Å². The number of hydrogen-bond donors (Lipinski definition) is 2. The molecule has 2 N–H and O–H groups in total. The fourth-order valence-electron chi connectivity index (χ4n) is 2.41. The number of nitrogens with one attached hydrogen (secondary N) is 1. The lowest BCUT2D eigenvalue weighted by Crippen LogP contribution is -2.34. The lowest BCUT2D eigenvalue weighted by molar-refractivity contribution is -0.142. The number of aromatic nitrogens is 2. The van der Waals surface area contributed by atoms with Gasteiger partial charge in [-0.25, -0.2) is 9.97 Å². The highest BCUT2D eigenvalue weighted by atomic mass is 16.4. The lowest BCUT2D eigenvalue weighted by atomic mass is 9.95. The van der Waals surface area contributed by atoms with E-state index in [1.54, 1.807) is 12.4 Å². The van der Waals surface area contributed by atoms with Gasteiger partial charge in [-0.05, 0) is 25.3 Å². The van der Waals surface area contributed by atoms with Gasteiger partial charge in [0.25, 0.3) is 0 Å². The molecule has 0 saturated heterocycles. The van der Waals surface area contributed by atoms with Gasteiger partial charge in [0.05, 0.1) is 5.92 Å². The molecule has 0 aliphatic heterocycles. The average molecular weight is 249 g/mol. The number of hydrogen-bond acceptors (Lipinski definition) is 4. The Labute approximate surface area is 107 Å². The monoisotopic (exact) mass is 249 g/mol. The molecule has 0 aromatic carbocycles. The summed E-state index contributed by atoms with van der Waals surface area (Å²) in [5.74, 6) is -0.530. The third-order valence-corrected chi connectivity index (χ3v) is 3.43. The largest absolute Gasteiger partial charge is 0.481 e. The second-order valence-electron chi connectivity index (χ2n) is 4.92. The van der Waals surface area contributed by atoms with Crippen molar-refractivity contribution in [3.8, 4) is 0 Å². The summed E-state index contributed by atoms with van der Waals surface area (Å²) in [4.78, 5) is 19.6. The summed E-state index contributed by atoms with van der Waals surface area (Å²) in [7, 11) is 0. The molecule has 1 heterocycles. The quantitative estimate of drug-likeness (QED) is 0.803. The Balaban J connectivity index is 2.08. The first-order chi connectivity index (χ1) is 8.66. The second kappa shape index (κ2) is 5.80. The minimum absolute atomic E-state index is 0.0623. The maximum absolute atomic E-state index is 11.3. The number of anilines is 1. The van der Waals surface area contributed by atoms with Crippen LogP contribution in [0, 0.1) is 12.8 Å². The van der Waals surface area contributed by atoms with Gasteiger partial charge in [0.15, 0.2) is 0 Å². The van der Waals surface area contributed by atoms with E-state index >= 15 is 0 Å². The van der Waals surface area contributed by atoms with Crippen molar-refractivity contribution in [2.24, 2.45) is 5.92 Å². The van der Waals surface area contributed by atoms with Crippen LogP contribution in [0.2, 0.25) is 0 Å². The van der Waals surface area contributed by atoms with E-state index in [2.05, 4.69) is 15.3 Å². The molecule has 0 radical (unpaired) electrons. The summed E-state index contributed by atoms with van der Waals surface area (Å²) < 4.78 is 0. The van der Waals surface area contributed by atoms with Crippen molar-refractivity contribution in [1.29, 1.82) is 0 Å². The first-order valence-corrected chi connectivity index (χ1v) is 6.45. The van der Waals surface area contributed by atoms with Gasteiger partial charge in [0, 0.05) is 18.4 Å². The van der Waals surface area contributed by atoms with Gasteiger partial charge in [-0.3, -0.25) is 4.79 Å². The Bertz CT molecular complexity index is 405. The standard InChI is InChI=1S/C13H19N3O2/c1-9-7-14-13(15-8-9)16-11-6-4-2-3-5-10(11)12(17)18/h7-8,10-11H,2-6H2,1H3,(H,17,18)(H,14,15,16). The fourth-order valence-corrected chi connectivity index (χ4v) is 2.41. The number of nitrogens with zero attached hydrogens (tertiary/aromatic N) is 2. The molecule has 0 amide bonds. The van der Waals surface area contributed by atoms with E-state index in [1.165, 1.54) is 0 Å². The summed E-state index contributed by atoms with van der Waals surface area (Å²) in [6.45, 7) is 1.93. The summed E-state index contributed by atoms with van der Waals surface area (Å²) >= 11 is 0. The molecule has 1 saturated carbocycles. The maximum Gasteiger partial charge on any atom is 0.308 e. The Morgan fingerprint density at radius 3 is 2.61 bits per heavy atom. The van der Waals surface area contributed by atoms with Crippen LogP contribution in [0.3, 0.4) is 0 Å². The molecule has 2 unspecified atom stereocenters. The Hall–Kier alpha value is -1.65. The summed E-state index contributed by atoms with van der Waals surface area (Å²) in [6, 6.07) is -0.0623. The smallest absolute Gasteiger partial charge is 0.308 e. The predicted octanol–water partition coefficient (Wildman–Crippen LogP) is 2.23. The maximum atomic E-state index is 11.3. The first kappa shape index (κ1) is 12.8. The van der Waals surface area contributed by atoms with Gasteiger partial charge in [-0.1, -0.05) is 19.3 Å². The molecular weight excluding hydrogens is 230 g/mol. The molecular formula is C13H19N3O2. The number of aryl methyl sites for hydroxylation is 1. The highest BCUT2D eigenvalue weighted by Gasteiger charge is 2.29. The van der Waals surface area contributed by atoms with Crippen molar-refractivity contribution in [1.82, 2.24) is 9.97 Å². The van der Waals surface area contributed by atoms with Crippen LogP contribution in [0.5, 0.6) is 0 Å².